The van der Waals surface area contributed by atoms with Gasteiger partial charge in [-0.2, -0.15) is 0 Å². The van der Waals surface area contributed by atoms with Gasteiger partial charge in [-0.1, -0.05) is 66.2 Å². The van der Waals surface area contributed by atoms with Gasteiger partial charge in [0.2, 0.25) is 0 Å². The molecule has 0 atom stereocenters. The summed E-state index contributed by atoms with van der Waals surface area (Å²) in [5, 5.41) is 4.16. The van der Waals surface area contributed by atoms with Crippen LogP contribution in [0.5, 0.6) is 0 Å². The van der Waals surface area contributed by atoms with Crippen LogP contribution in [0.25, 0.3) is 22.6 Å². The molecule has 2 aromatic carbocycles. The molecule has 0 aliphatic heterocycles. The highest BCUT2D eigenvalue weighted by Crippen LogP contribution is 2.26. The van der Waals surface area contributed by atoms with Crippen molar-refractivity contribution in [3.63, 3.8) is 0 Å². The minimum absolute atomic E-state index is 0.809. The van der Waals surface area contributed by atoms with Crippen LogP contribution in [0.4, 0.5) is 0 Å². The molecule has 2 heteroatoms. The molecule has 2 nitrogen and oxygen atoms in total. The summed E-state index contributed by atoms with van der Waals surface area (Å²) in [6, 6.07) is 18.7. The molecule has 0 aliphatic carbocycles. The predicted molar refractivity (Wildman–Crippen MR) is 81.5 cm³/mol. The monoisotopic (exact) mass is 263 g/mol. The first-order valence-corrected chi connectivity index (χ1v) is 6.89. The van der Waals surface area contributed by atoms with E-state index in [4.69, 9.17) is 4.52 Å². The third kappa shape index (κ3) is 2.50. The summed E-state index contributed by atoms with van der Waals surface area (Å²) < 4.78 is 5.46. The summed E-state index contributed by atoms with van der Waals surface area (Å²) >= 11 is 0. The zero-order valence-corrected chi connectivity index (χ0v) is 11.8. The van der Waals surface area contributed by atoms with Crippen LogP contribution in [0.15, 0.2) is 59.1 Å². The summed E-state index contributed by atoms with van der Waals surface area (Å²) in [6.07, 6.45) is 1.05. The zero-order chi connectivity index (χ0) is 13.9. The largest absolute Gasteiger partial charge is 0.356 e. The summed E-state index contributed by atoms with van der Waals surface area (Å²) in [7, 11) is 0. The summed E-state index contributed by atoms with van der Waals surface area (Å²) in [5.41, 5.74) is 5.59. The molecular formula is C18H17NO. The van der Waals surface area contributed by atoms with Crippen LogP contribution < -0.4 is 0 Å². The van der Waals surface area contributed by atoms with Crippen molar-refractivity contribution in [2.24, 2.45) is 0 Å². The number of benzene rings is 2. The third-order valence-electron chi connectivity index (χ3n) is 3.50. The second-order valence-corrected chi connectivity index (χ2v) is 4.99. The minimum atomic E-state index is 0.809. The Labute approximate surface area is 119 Å². The van der Waals surface area contributed by atoms with Gasteiger partial charge in [-0.25, -0.2) is 0 Å². The second-order valence-electron chi connectivity index (χ2n) is 4.99. The molecule has 20 heavy (non-hydrogen) atoms. The number of hydrogen-bond acceptors (Lipinski definition) is 2. The molecule has 1 heterocycles. The Hall–Kier alpha value is -2.35. The summed E-state index contributed by atoms with van der Waals surface area (Å²) in [6.45, 7) is 4.23. The lowest BCUT2D eigenvalue weighted by molar-refractivity contribution is 0.435. The molecule has 3 rings (SSSR count). The first-order valence-electron chi connectivity index (χ1n) is 6.89. The lowest BCUT2D eigenvalue weighted by Gasteiger charge is -1.98. The molecule has 0 N–H and O–H groups in total. The molecule has 100 valence electrons. The van der Waals surface area contributed by atoms with Crippen molar-refractivity contribution in [2.45, 2.75) is 20.3 Å². The Bertz CT molecular complexity index is 693. The van der Waals surface area contributed by atoms with Gasteiger partial charge in [0.05, 0.1) is 0 Å². The topological polar surface area (TPSA) is 26.0 Å². The van der Waals surface area contributed by atoms with Crippen LogP contribution in [0.2, 0.25) is 0 Å². The fraction of sp³-hybridized carbons (Fsp3) is 0.167. The van der Waals surface area contributed by atoms with Gasteiger partial charge in [-0.15, -0.1) is 0 Å². The van der Waals surface area contributed by atoms with Crippen molar-refractivity contribution in [1.29, 1.82) is 0 Å². The summed E-state index contributed by atoms with van der Waals surface area (Å²) in [4.78, 5) is 0. The quantitative estimate of drug-likeness (QED) is 0.673. The number of hydrogen-bond donors (Lipinski definition) is 0. The van der Waals surface area contributed by atoms with E-state index in [0.717, 1.165) is 29.0 Å². The maximum Gasteiger partial charge on any atom is 0.167 e. The Morgan fingerprint density at radius 2 is 1.55 bits per heavy atom. The lowest BCUT2D eigenvalue weighted by atomic mass is 10.1. The Morgan fingerprint density at radius 3 is 2.20 bits per heavy atom. The van der Waals surface area contributed by atoms with Crippen molar-refractivity contribution < 1.29 is 4.52 Å². The zero-order valence-electron chi connectivity index (χ0n) is 11.8. The second kappa shape index (κ2) is 5.33. The van der Waals surface area contributed by atoms with Crippen LogP contribution in [-0.2, 0) is 6.42 Å². The highest BCUT2D eigenvalue weighted by molar-refractivity contribution is 5.66. The highest BCUT2D eigenvalue weighted by Gasteiger charge is 2.08. The smallest absolute Gasteiger partial charge is 0.167 e. The van der Waals surface area contributed by atoms with Gasteiger partial charge >= 0.3 is 0 Å². The van der Waals surface area contributed by atoms with Crippen molar-refractivity contribution in [2.75, 3.05) is 0 Å². The fourth-order valence-electron chi connectivity index (χ4n) is 2.18. The average molecular weight is 263 g/mol. The van der Waals surface area contributed by atoms with Crippen molar-refractivity contribution in [1.82, 2.24) is 5.16 Å². The standard InChI is InChI=1S/C18H17NO/c1-3-14-6-10-16(11-7-14)18-12-17(19-20-18)15-8-4-13(2)5-9-15/h4-12H,3H2,1-2H3. The maximum atomic E-state index is 5.46. The first-order chi connectivity index (χ1) is 9.76. The Morgan fingerprint density at radius 1 is 0.900 bits per heavy atom. The molecule has 1 aromatic heterocycles. The summed E-state index contributed by atoms with van der Waals surface area (Å²) in [5.74, 6) is 0.809. The van der Waals surface area contributed by atoms with Crippen LogP contribution in [0, 0.1) is 6.92 Å². The Kier molecular flexibility index (Phi) is 3.38. The van der Waals surface area contributed by atoms with Crippen LogP contribution >= 0.6 is 0 Å². The van der Waals surface area contributed by atoms with E-state index in [0.29, 0.717) is 0 Å². The van der Waals surface area contributed by atoms with E-state index >= 15 is 0 Å². The van der Waals surface area contributed by atoms with E-state index in [1.807, 2.05) is 6.07 Å². The lowest BCUT2D eigenvalue weighted by Crippen LogP contribution is -1.79. The molecule has 0 aliphatic rings. The van der Waals surface area contributed by atoms with Crippen molar-refractivity contribution >= 4 is 0 Å². The van der Waals surface area contributed by atoms with E-state index in [1.54, 1.807) is 0 Å². The highest BCUT2D eigenvalue weighted by atomic mass is 16.5. The molecule has 0 amide bonds. The molecule has 3 aromatic rings. The van der Waals surface area contributed by atoms with Crippen molar-refractivity contribution in [3.8, 4) is 22.6 Å². The number of nitrogens with zero attached hydrogens (tertiary/aromatic N) is 1. The van der Waals surface area contributed by atoms with E-state index in [9.17, 15) is 0 Å². The SMILES string of the molecule is CCc1ccc(-c2cc(-c3ccc(C)cc3)no2)cc1. The van der Waals surface area contributed by atoms with E-state index in [-0.39, 0.29) is 0 Å². The van der Waals surface area contributed by atoms with Gasteiger partial charge in [0.1, 0.15) is 5.69 Å². The number of rotatable bonds is 3. The molecule has 0 saturated heterocycles. The number of aromatic nitrogens is 1. The van der Waals surface area contributed by atoms with Gasteiger partial charge in [0.15, 0.2) is 5.76 Å². The van der Waals surface area contributed by atoms with E-state index < -0.39 is 0 Å². The van der Waals surface area contributed by atoms with Crippen LogP contribution in [0.1, 0.15) is 18.1 Å². The van der Waals surface area contributed by atoms with Gasteiger partial charge < -0.3 is 4.52 Å². The first kappa shape index (κ1) is 12.7. The van der Waals surface area contributed by atoms with Gasteiger partial charge in [-0.3, -0.25) is 0 Å². The minimum Gasteiger partial charge on any atom is -0.356 e. The molecule has 0 spiro atoms. The van der Waals surface area contributed by atoms with Gasteiger partial charge in [-0.05, 0) is 18.9 Å². The average Bonchev–Trinajstić information content (AvgIpc) is 2.98. The Balaban J connectivity index is 1.91. The number of aryl methyl sites for hydroxylation is 2. The maximum absolute atomic E-state index is 5.46. The molecule has 0 saturated carbocycles. The molecule has 0 fully saturated rings. The molecule has 0 unspecified atom stereocenters. The van der Waals surface area contributed by atoms with Gasteiger partial charge in [0.25, 0.3) is 0 Å². The molecule has 0 bridgehead atoms. The van der Waals surface area contributed by atoms with Crippen molar-refractivity contribution in [3.05, 3.63) is 65.7 Å². The van der Waals surface area contributed by atoms with E-state index in [1.165, 1.54) is 11.1 Å². The van der Waals surface area contributed by atoms with Crippen LogP contribution in [-0.4, -0.2) is 5.16 Å². The predicted octanol–water partition coefficient (Wildman–Crippen LogP) is 4.88. The fourth-order valence-corrected chi connectivity index (χ4v) is 2.18. The van der Waals surface area contributed by atoms with Gasteiger partial charge in [0, 0.05) is 17.2 Å². The van der Waals surface area contributed by atoms with E-state index in [2.05, 4.69) is 67.5 Å². The molecular weight excluding hydrogens is 246 g/mol. The normalized spacial score (nSPS) is 10.7. The third-order valence-corrected chi connectivity index (χ3v) is 3.50. The van der Waals surface area contributed by atoms with Crippen LogP contribution in [0.3, 0.4) is 0 Å². The molecule has 0 radical (unpaired) electrons.